The Morgan fingerprint density at radius 3 is 2.57 bits per heavy atom. The summed E-state index contributed by atoms with van der Waals surface area (Å²) in [6.45, 7) is 12.8. The lowest BCUT2D eigenvalue weighted by molar-refractivity contribution is 0.0607. The molecular weight excluding hydrogens is 350 g/mol. The highest BCUT2D eigenvalue weighted by Gasteiger charge is 2.30. The number of hydrogen-bond donors (Lipinski definition) is 0. The molecule has 4 rings (SSSR count). The van der Waals surface area contributed by atoms with Gasteiger partial charge in [0.25, 0.3) is 5.91 Å². The van der Waals surface area contributed by atoms with Crippen molar-refractivity contribution in [2.24, 2.45) is 5.92 Å². The number of hydrogen-bond acceptors (Lipinski definition) is 3. The van der Waals surface area contributed by atoms with Crippen molar-refractivity contribution in [3.8, 4) is 11.3 Å². The molecule has 1 amide bonds. The second-order valence-corrected chi connectivity index (χ2v) is 9.06. The summed E-state index contributed by atoms with van der Waals surface area (Å²) in [7, 11) is 0. The van der Waals surface area contributed by atoms with Gasteiger partial charge in [-0.1, -0.05) is 32.9 Å². The van der Waals surface area contributed by atoms with Crippen molar-refractivity contribution in [3.05, 3.63) is 41.3 Å². The number of carbonyl (C=O) groups is 1. The van der Waals surface area contributed by atoms with Gasteiger partial charge in [0, 0.05) is 55.6 Å². The minimum Gasteiger partial charge on any atom is -0.381 e. The molecule has 1 saturated heterocycles. The van der Waals surface area contributed by atoms with E-state index in [1.807, 2.05) is 24.0 Å². The van der Waals surface area contributed by atoms with Crippen LogP contribution in [0.25, 0.3) is 11.3 Å². The predicted octanol–water partition coefficient (Wildman–Crippen LogP) is 4.25. The van der Waals surface area contributed by atoms with Gasteiger partial charge in [0.2, 0.25) is 0 Å². The second kappa shape index (κ2) is 7.36. The van der Waals surface area contributed by atoms with Crippen LogP contribution >= 0.6 is 0 Å². The Morgan fingerprint density at radius 1 is 1.18 bits per heavy atom. The smallest absolute Gasteiger partial charge is 0.254 e. The van der Waals surface area contributed by atoms with Crippen molar-refractivity contribution in [2.75, 3.05) is 19.8 Å². The maximum atomic E-state index is 12.6. The molecule has 1 fully saturated rings. The van der Waals surface area contributed by atoms with Crippen LogP contribution in [0.1, 0.15) is 62.3 Å². The Kier molecular flexibility index (Phi) is 5.04. The quantitative estimate of drug-likeness (QED) is 0.795. The summed E-state index contributed by atoms with van der Waals surface area (Å²) in [5, 5.41) is 0. The molecule has 0 radical (unpaired) electrons. The van der Waals surface area contributed by atoms with E-state index < -0.39 is 0 Å². The minimum absolute atomic E-state index is 0.0351. The number of benzene rings is 1. The first-order chi connectivity index (χ1) is 13.4. The summed E-state index contributed by atoms with van der Waals surface area (Å²) in [6.07, 6.45) is 4.42. The average molecular weight is 382 g/mol. The molecule has 0 N–H and O–H groups in total. The molecule has 1 aromatic heterocycles. The van der Waals surface area contributed by atoms with Crippen LogP contribution in [0.5, 0.6) is 0 Å². The fourth-order valence-corrected chi connectivity index (χ4v) is 4.38. The molecule has 5 heteroatoms. The van der Waals surface area contributed by atoms with Crippen molar-refractivity contribution < 1.29 is 9.53 Å². The number of carbonyl (C=O) groups excluding carboxylic acids is 1. The normalized spacial score (nSPS) is 18.0. The first kappa shape index (κ1) is 19.2. The number of aromatic nitrogens is 2. The van der Waals surface area contributed by atoms with Gasteiger partial charge >= 0.3 is 0 Å². The number of imidazole rings is 1. The number of rotatable bonds is 4. The molecule has 150 valence electrons. The van der Waals surface area contributed by atoms with Crippen LogP contribution in [0.2, 0.25) is 0 Å². The first-order valence-electron chi connectivity index (χ1n) is 10.5. The molecular formula is C23H31N3O2. The van der Waals surface area contributed by atoms with Crippen LogP contribution < -0.4 is 0 Å². The summed E-state index contributed by atoms with van der Waals surface area (Å²) in [6, 6.07) is 6.04. The minimum atomic E-state index is -0.0351. The summed E-state index contributed by atoms with van der Waals surface area (Å²) in [5.41, 5.74) is 3.99. The third kappa shape index (κ3) is 3.48. The number of fused-ring (bicyclic) bond motifs is 1. The molecule has 1 aromatic carbocycles. The van der Waals surface area contributed by atoms with Crippen molar-refractivity contribution in [1.29, 1.82) is 0 Å². The molecule has 3 heterocycles. The van der Waals surface area contributed by atoms with Crippen molar-refractivity contribution >= 4 is 5.91 Å². The average Bonchev–Trinajstić information content (AvgIpc) is 3.24. The molecule has 0 aliphatic carbocycles. The molecule has 5 nitrogen and oxygen atoms in total. The Bertz CT molecular complexity index is 872. The molecule has 0 bridgehead atoms. The van der Waals surface area contributed by atoms with Gasteiger partial charge in [-0.2, -0.15) is 0 Å². The zero-order valence-electron chi connectivity index (χ0n) is 17.5. The van der Waals surface area contributed by atoms with Gasteiger partial charge in [0.1, 0.15) is 5.82 Å². The molecule has 0 saturated carbocycles. The lowest BCUT2D eigenvalue weighted by Gasteiger charge is -2.25. The highest BCUT2D eigenvalue weighted by Crippen LogP contribution is 2.34. The number of nitrogens with zero attached hydrogens (tertiary/aromatic N) is 3. The fraction of sp³-hybridized carbons (Fsp3) is 0.565. The van der Waals surface area contributed by atoms with Gasteiger partial charge in [-0.15, -0.1) is 0 Å². The third-order valence-electron chi connectivity index (χ3n) is 5.94. The Balaban J connectivity index is 1.73. The van der Waals surface area contributed by atoms with E-state index in [0.717, 1.165) is 67.4 Å². The van der Waals surface area contributed by atoms with Gasteiger partial charge < -0.3 is 14.2 Å². The Morgan fingerprint density at radius 2 is 1.89 bits per heavy atom. The van der Waals surface area contributed by atoms with Crippen molar-refractivity contribution in [2.45, 2.75) is 59.0 Å². The first-order valence-corrected chi connectivity index (χ1v) is 10.5. The lowest BCUT2D eigenvalue weighted by Crippen LogP contribution is -2.24. The van der Waals surface area contributed by atoms with Gasteiger partial charge in [-0.3, -0.25) is 4.79 Å². The van der Waals surface area contributed by atoms with Crippen LogP contribution in [-0.4, -0.2) is 40.1 Å². The third-order valence-corrected chi connectivity index (χ3v) is 5.94. The molecule has 0 atom stereocenters. The predicted molar refractivity (Wildman–Crippen MR) is 110 cm³/mol. The van der Waals surface area contributed by atoms with Crippen molar-refractivity contribution in [3.63, 3.8) is 0 Å². The van der Waals surface area contributed by atoms with Gasteiger partial charge in [0.15, 0.2) is 0 Å². The Labute approximate surface area is 167 Å². The van der Waals surface area contributed by atoms with E-state index >= 15 is 0 Å². The SMILES string of the molecule is CCN1Cc2c(cccc2-c2cn(CC3CCOCC3)c(C(C)(C)C)n2)C1=O. The maximum absolute atomic E-state index is 12.6. The van der Waals surface area contributed by atoms with Crippen LogP contribution in [0.15, 0.2) is 24.4 Å². The van der Waals surface area contributed by atoms with Gasteiger partial charge in [-0.05, 0) is 37.3 Å². The van der Waals surface area contributed by atoms with E-state index in [9.17, 15) is 4.79 Å². The van der Waals surface area contributed by atoms with E-state index in [4.69, 9.17) is 9.72 Å². The second-order valence-electron chi connectivity index (χ2n) is 9.06. The maximum Gasteiger partial charge on any atom is 0.254 e. The zero-order valence-corrected chi connectivity index (χ0v) is 17.5. The monoisotopic (exact) mass is 381 g/mol. The number of ether oxygens (including phenoxy) is 1. The van der Waals surface area contributed by atoms with Gasteiger partial charge in [-0.25, -0.2) is 4.98 Å². The summed E-state index contributed by atoms with van der Waals surface area (Å²) in [5.74, 6) is 1.89. The van der Waals surface area contributed by atoms with Crippen LogP contribution in [0.3, 0.4) is 0 Å². The van der Waals surface area contributed by atoms with E-state index in [0.29, 0.717) is 12.5 Å². The topological polar surface area (TPSA) is 47.4 Å². The van der Waals surface area contributed by atoms with Gasteiger partial charge in [0.05, 0.1) is 5.69 Å². The van der Waals surface area contributed by atoms with E-state index in [-0.39, 0.29) is 11.3 Å². The molecule has 2 aliphatic rings. The molecule has 2 aliphatic heterocycles. The molecule has 0 unspecified atom stereocenters. The number of amides is 1. The highest BCUT2D eigenvalue weighted by molar-refractivity contribution is 6.00. The highest BCUT2D eigenvalue weighted by atomic mass is 16.5. The zero-order chi connectivity index (χ0) is 19.9. The standard InChI is InChI=1S/C23H31N3O2/c1-5-25-14-19-17(7-6-8-18(19)21(25)27)20-15-26(22(24-20)23(2,3)4)13-16-9-11-28-12-10-16/h6-8,15-16H,5,9-14H2,1-4H3. The summed E-state index contributed by atoms with van der Waals surface area (Å²) in [4.78, 5) is 19.6. The van der Waals surface area contributed by atoms with Crippen LogP contribution in [-0.2, 0) is 23.2 Å². The van der Waals surface area contributed by atoms with Crippen molar-refractivity contribution in [1.82, 2.24) is 14.5 Å². The largest absolute Gasteiger partial charge is 0.381 e. The summed E-state index contributed by atoms with van der Waals surface area (Å²) >= 11 is 0. The Hall–Kier alpha value is -2.14. The molecule has 0 spiro atoms. The molecule has 28 heavy (non-hydrogen) atoms. The van der Waals surface area contributed by atoms with Crippen LogP contribution in [0.4, 0.5) is 0 Å². The lowest BCUT2D eigenvalue weighted by atomic mass is 9.94. The van der Waals surface area contributed by atoms with E-state index in [1.54, 1.807) is 0 Å². The van der Waals surface area contributed by atoms with Crippen LogP contribution in [0, 0.1) is 5.92 Å². The fourth-order valence-electron chi connectivity index (χ4n) is 4.38. The molecule has 2 aromatic rings. The van der Waals surface area contributed by atoms with E-state index in [2.05, 4.69) is 37.6 Å². The summed E-state index contributed by atoms with van der Waals surface area (Å²) < 4.78 is 7.88. The van der Waals surface area contributed by atoms with E-state index in [1.165, 1.54) is 0 Å².